The van der Waals surface area contributed by atoms with Crippen molar-refractivity contribution < 1.29 is 4.42 Å². The van der Waals surface area contributed by atoms with Gasteiger partial charge in [-0.3, -0.25) is 0 Å². The summed E-state index contributed by atoms with van der Waals surface area (Å²) in [5, 5.41) is 0. The predicted molar refractivity (Wildman–Crippen MR) is 78.4 cm³/mol. The van der Waals surface area contributed by atoms with E-state index in [1.165, 1.54) is 22.3 Å². The molecule has 0 radical (unpaired) electrons. The van der Waals surface area contributed by atoms with Crippen LogP contribution in [0.4, 0.5) is 0 Å². The molecule has 0 aromatic carbocycles. The van der Waals surface area contributed by atoms with Crippen molar-refractivity contribution in [3.05, 3.63) is 34.8 Å². The number of hydrogen-bond acceptors (Lipinski definition) is 1. The zero-order chi connectivity index (χ0) is 13.3. The normalized spacial score (nSPS) is 15.8. The van der Waals surface area contributed by atoms with Crippen molar-refractivity contribution in [2.24, 2.45) is 5.92 Å². The number of rotatable bonds is 3. The summed E-state index contributed by atoms with van der Waals surface area (Å²) in [4.78, 5) is 0. The quantitative estimate of drug-likeness (QED) is 0.687. The second-order valence-corrected chi connectivity index (χ2v) is 5.44. The zero-order valence-corrected chi connectivity index (χ0v) is 12.3. The van der Waals surface area contributed by atoms with E-state index in [9.17, 15) is 0 Å². The summed E-state index contributed by atoms with van der Waals surface area (Å²) in [6.45, 7) is 11.1. The number of allylic oxidation sites excluding steroid dienone is 4. The van der Waals surface area contributed by atoms with Crippen molar-refractivity contribution in [2.45, 2.75) is 53.9 Å². The highest BCUT2D eigenvalue weighted by molar-refractivity contribution is 5.81. The molecule has 0 spiro atoms. The van der Waals surface area contributed by atoms with Gasteiger partial charge in [0.1, 0.15) is 11.5 Å². The highest BCUT2D eigenvalue weighted by Crippen LogP contribution is 2.39. The van der Waals surface area contributed by atoms with Gasteiger partial charge in [0.25, 0.3) is 0 Å². The first-order chi connectivity index (χ1) is 8.58. The average Bonchev–Trinajstić information content (AvgIpc) is 2.68. The molecule has 1 aliphatic rings. The third-order valence-corrected chi connectivity index (χ3v) is 3.79. The van der Waals surface area contributed by atoms with Gasteiger partial charge in [-0.1, -0.05) is 39.3 Å². The molecule has 0 fully saturated rings. The van der Waals surface area contributed by atoms with E-state index >= 15 is 0 Å². The maximum atomic E-state index is 6.11. The predicted octanol–water partition coefficient (Wildman–Crippen LogP) is 5.47. The van der Waals surface area contributed by atoms with Gasteiger partial charge >= 0.3 is 0 Å². The number of fused-ring (bicyclic) bond motifs is 1. The number of aryl methyl sites for hydroxylation is 1. The van der Waals surface area contributed by atoms with Gasteiger partial charge < -0.3 is 4.42 Å². The Labute approximate surface area is 111 Å². The minimum Gasteiger partial charge on any atom is -0.461 e. The molecule has 1 nitrogen and oxygen atoms in total. The first-order valence-corrected chi connectivity index (χ1v) is 7.10. The van der Waals surface area contributed by atoms with Gasteiger partial charge in [-0.25, -0.2) is 0 Å². The summed E-state index contributed by atoms with van der Waals surface area (Å²) in [5.41, 5.74) is 5.62. The van der Waals surface area contributed by atoms with E-state index in [2.05, 4.69) is 46.8 Å². The highest BCUT2D eigenvalue weighted by atomic mass is 16.3. The lowest BCUT2D eigenvalue weighted by atomic mass is 9.93. The zero-order valence-electron chi connectivity index (χ0n) is 12.3. The van der Waals surface area contributed by atoms with Crippen LogP contribution < -0.4 is 0 Å². The van der Waals surface area contributed by atoms with Crippen LogP contribution in [0.1, 0.15) is 64.5 Å². The lowest BCUT2D eigenvalue weighted by Gasteiger charge is -2.13. The van der Waals surface area contributed by atoms with Crippen LogP contribution >= 0.6 is 0 Å². The fourth-order valence-electron chi connectivity index (χ4n) is 2.83. The molecule has 0 atom stereocenters. The molecule has 0 bridgehead atoms. The van der Waals surface area contributed by atoms with Gasteiger partial charge in [0.2, 0.25) is 0 Å². The summed E-state index contributed by atoms with van der Waals surface area (Å²) < 4.78 is 6.11. The van der Waals surface area contributed by atoms with Gasteiger partial charge in [-0.15, -0.1) is 0 Å². The Bertz CT molecular complexity index is 498. The van der Waals surface area contributed by atoms with Crippen LogP contribution in [-0.2, 0) is 6.42 Å². The molecule has 2 rings (SSSR count). The van der Waals surface area contributed by atoms with Crippen molar-refractivity contribution in [2.75, 3.05) is 0 Å². The Hall–Kier alpha value is -1.24. The van der Waals surface area contributed by atoms with E-state index in [0.717, 1.165) is 30.8 Å². The van der Waals surface area contributed by atoms with Crippen LogP contribution in [0.3, 0.4) is 0 Å². The molecule has 0 aliphatic heterocycles. The SMILES string of the molecule is CCC1=CCC(C)=C(C(C)C)c2oc(CC)cc21. The maximum absolute atomic E-state index is 6.11. The molecular formula is C17H24O. The van der Waals surface area contributed by atoms with Crippen LogP contribution in [-0.4, -0.2) is 0 Å². The fourth-order valence-corrected chi connectivity index (χ4v) is 2.83. The summed E-state index contributed by atoms with van der Waals surface area (Å²) in [6.07, 6.45) is 5.48. The molecule has 1 aliphatic carbocycles. The summed E-state index contributed by atoms with van der Waals surface area (Å²) in [5.74, 6) is 2.75. The Morgan fingerprint density at radius 2 is 1.94 bits per heavy atom. The molecule has 0 saturated carbocycles. The Kier molecular flexibility index (Phi) is 3.79. The first kappa shape index (κ1) is 13.2. The van der Waals surface area contributed by atoms with Gasteiger partial charge in [0.05, 0.1) is 0 Å². The third-order valence-electron chi connectivity index (χ3n) is 3.79. The monoisotopic (exact) mass is 244 g/mol. The van der Waals surface area contributed by atoms with Crippen molar-refractivity contribution in [3.63, 3.8) is 0 Å². The van der Waals surface area contributed by atoms with E-state index in [1.54, 1.807) is 0 Å². The van der Waals surface area contributed by atoms with E-state index in [-0.39, 0.29) is 0 Å². The smallest absolute Gasteiger partial charge is 0.137 e. The lowest BCUT2D eigenvalue weighted by Crippen LogP contribution is -1.97. The molecule has 0 N–H and O–H groups in total. The van der Waals surface area contributed by atoms with Crippen molar-refractivity contribution in [1.29, 1.82) is 0 Å². The van der Waals surface area contributed by atoms with Gasteiger partial charge in [-0.2, -0.15) is 0 Å². The minimum absolute atomic E-state index is 0.518. The molecule has 1 aromatic heterocycles. The topological polar surface area (TPSA) is 13.1 Å². The van der Waals surface area contributed by atoms with Crippen LogP contribution in [0.25, 0.3) is 11.1 Å². The number of hydrogen-bond donors (Lipinski definition) is 0. The molecule has 18 heavy (non-hydrogen) atoms. The summed E-state index contributed by atoms with van der Waals surface area (Å²) >= 11 is 0. The lowest BCUT2D eigenvalue weighted by molar-refractivity contribution is 0.497. The number of furan rings is 1. The van der Waals surface area contributed by atoms with Gasteiger partial charge in [-0.05, 0) is 42.9 Å². The first-order valence-electron chi connectivity index (χ1n) is 7.10. The van der Waals surface area contributed by atoms with Crippen LogP contribution in [0.15, 0.2) is 22.1 Å². The van der Waals surface area contributed by atoms with Crippen molar-refractivity contribution in [1.82, 2.24) is 0 Å². The van der Waals surface area contributed by atoms with Crippen molar-refractivity contribution in [3.8, 4) is 0 Å². The Morgan fingerprint density at radius 1 is 1.22 bits per heavy atom. The molecule has 1 heteroatoms. The van der Waals surface area contributed by atoms with Gasteiger partial charge in [0.15, 0.2) is 0 Å². The molecule has 1 heterocycles. The van der Waals surface area contributed by atoms with Crippen LogP contribution in [0, 0.1) is 5.92 Å². The standard InChI is InChI=1S/C17H24O/c1-6-13-9-8-12(5)16(11(3)4)17-15(13)10-14(7-2)18-17/h9-11H,6-8H2,1-5H3. The second-order valence-electron chi connectivity index (χ2n) is 5.44. The third kappa shape index (κ3) is 2.19. The molecular weight excluding hydrogens is 220 g/mol. The molecule has 0 unspecified atom stereocenters. The van der Waals surface area contributed by atoms with E-state index in [0.29, 0.717) is 5.92 Å². The Morgan fingerprint density at radius 3 is 2.50 bits per heavy atom. The molecule has 98 valence electrons. The molecule has 1 aromatic rings. The average molecular weight is 244 g/mol. The largest absolute Gasteiger partial charge is 0.461 e. The van der Waals surface area contributed by atoms with Crippen LogP contribution in [0.5, 0.6) is 0 Å². The summed E-state index contributed by atoms with van der Waals surface area (Å²) in [6, 6.07) is 2.24. The molecule has 0 saturated heterocycles. The second kappa shape index (κ2) is 5.17. The van der Waals surface area contributed by atoms with Gasteiger partial charge in [0, 0.05) is 12.0 Å². The van der Waals surface area contributed by atoms with Crippen molar-refractivity contribution >= 4 is 11.1 Å². The highest BCUT2D eigenvalue weighted by Gasteiger charge is 2.23. The van der Waals surface area contributed by atoms with E-state index in [1.807, 2.05) is 0 Å². The summed E-state index contributed by atoms with van der Waals surface area (Å²) in [7, 11) is 0. The van der Waals surface area contributed by atoms with Crippen LogP contribution in [0.2, 0.25) is 0 Å². The Balaban J connectivity index is 2.63. The van der Waals surface area contributed by atoms with E-state index in [4.69, 9.17) is 4.42 Å². The fraction of sp³-hybridized carbons (Fsp3) is 0.529. The van der Waals surface area contributed by atoms with E-state index < -0.39 is 0 Å². The molecule has 0 amide bonds. The maximum Gasteiger partial charge on any atom is 0.137 e. The minimum atomic E-state index is 0.518.